The summed E-state index contributed by atoms with van der Waals surface area (Å²) in [6, 6.07) is 9.56. The van der Waals surface area contributed by atoms with Gasteiger partial charge in [0.2, 0.25) is 0 Å². The number of carbonyl (C=O) groups excluding carboxylic acids is 1. The number of fused-ring (bicyclic) bond motifs is 1. The fourth-order valence-corrected chi connectivity index (χ4v) is 6.02. The molecule has 0 bridgehead atoms. The van der Waals surface area contributed by atoms with Crippen molar-refractivity contribution in [2.75, 3.05) is 24.6 Å². The van der Waals surface area contributed by atoms with Crippen LogP contribution in [0.5, 0.6) is 5.75 Å². The fraction of sp³-hybridized carbons (Fsp3) is 0.368. The Morgan fingerprint density at radius 1 is 1.07 bits per heavy atom. The molecule has 1 N–H and O–H groups in total. The zero-order chi connectivity index (χ0) is 19.0. The third-order valence-corrected chi connectivity index (χ3v) is 7.02. The van der Waals surface area contributed by atoms with Gasteiger partial charge in [0.25, 0.3) is 5.91 Å². The maximum Gasteiger partial charge on any atom is 0.257 e. The molecule has 1 aromatic heterocycles. The predicted molar refractivity (Wildman–Crippen MR) is 100 cm³/mol. The van der Waals surface area contributed by atoms with Crippen molar-refractivity contribution in [3.8, 4) is 5.75 Å². The first kappa shape index (κ1) is 17.9. The number of carbonyl (C=O) groups is 1. The van der Waals surface area contributed by atoms with Crippen LogP contribution in [0.15, 0.2) is 48.8 Å². The molecule has 2 atom stereocenters. The molecule has 0 aliphatic carbocycles. The molecule has 2 aliphatic heterocycles. The van der Waals surface area contributed by atoms with E-state index >= 15 is 0 Å². The normalized spacial score (nSPS) is 24.5. The molecule has 2 fully saturated rings. The lowest BCUT2D eigenvalue weighted by Crippen LogP contribution is -2.60. The van der Waals surface area contributed by atoms with E-state index in [1.54, 1.807) is 35.5 Å². The molecule has 27 heavy (non-hydrogen) atoms. The van der Waals surface area contributed by atoms with E-state index in [0.29, 0.717) is 19.6 Å². The number of phenolic OH excluding ortho intramolecular Hbond substituents is 1. The SMILES string of the molecule is O=C(c1ccccc1O)N1CCN(Cc2ccncc2)[C@@H]2CS(=O)(=O)C[C@@H]21. The lowest BCUT2D eigenvalue weighted by atomic mass is 10.0. The summed E-state index contributed by atoms with van der Waals surface area (Å²) >= 11 is 0. The summed E-state index contributed by atoms with van der Waals surface area (Å²) in [6.45, 7) is 1.63. The second-order valence-electron chi connectivity index (χ2n) is 7.05. The molecule has 0 unspecified atom stereocenters. The van der Waals surface area contributed by atoms with Crippen molar-refractivity contribution in [1.82, 2.24) is 14.8 Å². The van der Waals surface area contributed by atoms with Crippen molar-refractivity contribution in [1.29, 1.82) is 0 Å². The third kappa shape index (κ3) is 3.54. The molecule has 0 radical (unpaired) electrons. The highest BCUT2D eigenvalue weighted by Gasteiger charge is 2.48. The van der Waals surface area contributed by atoms with Crippen LogP contribution in [-0.4, -0.2) is 70.9 Å². The zero-order valence-corrected chi connectivity index (χ0v) is 15.5. The first-order chi connectivity index (χ1) is 12.9. The quantitative estimate of drug-likeness (QED) is 0.842. The number of pyridine rings is 1. The highest BCUT2D eigenvalue weighted by atomic mass is 32.2. The summed E-state index contributed by atoms with van der Waals surface area (Å²) in [6.07, 6.45) is 3.44. The number of amides is 1. The molecule has 3 heterocycles. The number of nitrogens with zero attached hydrogens (tertiary/aromatic N) is 3. The standard InChI is InChI=1S/C19H21N3O4S/c23-18-4-2-1-3-15(18)19(24)22-10-9-21(11-14-5-7-20-8-6-14)16-12-27(25,26)13-17(16)22/h1-8,16-17,23H,9-13H2/t16-,17+/m1/s1. The molecular weight excluding hydrogens is 366 g/mol. The molecule has 7 nitrogen and oxygen atoms in total. The summed E-state index contributed by atoms with van der Waals surface area (Å²) < 4.78 is 24.7. The molecule has 2 saturated heterocycles. The summed E-state index contributed by atoms with van der Waals surface area (Å²) in [5.74, 6) is -0.389. The minimum absolute atomic E-state index is 0.0378. The monoisotopic (exact) mass is 387 g/mol. The van der Waals surface area contributed by atoms with Gasteiger partial charge in [0.15, 0.2) is 9.84 Å². The maximum atomic E-state index is 13.0. The number of rotatable bonds is 3. The van der Waals surface area contributed by atoms with Gasteiger partial charge in [-0.05, 0) is 29.8 Å². The molecule has 1 aromatic carbocycles. The van der Waals surface area contributed by atoms with Gasteiger partial charge in [-0.2, -0.15) is 0 Å². The van der Waals surface area contributed by atoms with Crippen LogP contribution in [0.1, 0.15) is 15.9 Å². The van der Waals surface area contributed by atoms with E-state index in [-0.39, 0.29) is 34.8 Å². The van der Waals surface area contributed by atoms with Crippen molar-refractivity contribution in [2.24, 2.45) is 0 Å². The number of aromatic nitrogens is 1. The molecular formula is C19H21N3O4S. The largest absolute Gasteiger partial charge is 0.507 e. The smallest absolute Gasteiger partial charge is 0.257 e. The Labute approximate surface area is 158 Å². The second kappa shape index (κ2) is 6.94. The van der Waals surface area contributed by atoms with Crippen molar-refractivity contribution < 1.29 is 18.3 Å². The summed E-state index contributed by atoms with van der Waals surface area (Å²) in [7, 11) is -3.22. The Balaban J connectivity index is 1.60. The number of phenols is 1. The summed E-state index contributed by atoms with van der Waals surface area (Å²) in [5.41, 5.74) is 1.27. The lowest BCUT2D eigenvalue weighted by molar-refractivity contribution is 0.0304. The first-order valence-electron chi connectivity index (χ1n) is 8.87. The zero-order valence-electron chi connectivity index (χ0n) is 14.7. The summed E-state index contributed by atoms with van der Waals surface area (Å²) in [5, 5.41) is 10.0. The van der Waals surface area contributed by atoms with Crippen LogP contribution >= 0.6 is 0 Å². The topological polar surface area (TPSA) is 90.8 Å². The number of sulfone groups is 1. The van der Waals surface area contributed by atoms with Crippen LogP contribution in [-0.2, 0) is 16.4 Å². The average molecular weight is 387 g/mol. The Morgan fingerprint density at radius 2 is 1.78 bits per heavy atom. The Kier molecular flexibility index (Phi) is 4.61. The minimum Gasteiger partial charge on any atom is -0.507 e. The lowest BCUT2D eigenvalue weighted by Gasteiger charge is -2.44. The van der Waals surface area contributed by atoms with Gasteiger partial charge in [-0.3, -0.25) is 14.7 Å². The minimum atomic E-state index is -3.22. The fourth-order valence-electron chi connectivity index (χ4n) is 4.01. The molecule has 0 spiro atoms. The molecule has 2 aromatic rings. The van der Waals surface area contributed by atoms with E-state index < -0.39 is 15.9 Å². The van der Waals surface area contributed by atoms with Gasteiger partial charge in [-0.25, -0.2) is 8.42 Å². The Hall–Kier alpha value is -2.45. The molecule has 1 amide bonds. The Morgan fingerprint density at radius 3 is 2.52 bits per heavy atom. The highest BCUT2D eigenvalue weighted by molar-refractivity contribution is 7.91. The second-order valence-corrected chi connectivity index (χ2v) is 9.21. The van der Waals surface area contributed by atoms with Gasteiger partial charge in [0, 0.05) is 38.1 Å². The van der Waals surface area contributed by atoms with E-state index in [1.807, 2.05) is 12.1 Å². The van der Waals surface area contributed by atoms with Gasteiger partial charge in [0.05, 0.1) is 23.1 Å². The van der Waals surface area contributed by atoms with Crippen molar-refractivity contribution >= 4 is 15.7 Å². The average Bonchev–Trinajstić information content (AvgIpc) is 2.98. The predicted octanol–water partition coefficient (Wildman–Crippen LogP) is 0.911. The first-order valence-corrected chi connectivity index (χ1v) is 10.7. The van der Waals surface area contributed by atoms with Gasteiger partial charge in [-0.15, -0.1) is 0 Å². The van der Waals surface area contributed by atoms with Crippen molar-refractivity contribution in [2.45, 2.75) is 18.6 Å². The van der Waals surface area contributed by atoms with Crippen LogP contribution < -0.4 is 0 Å². The van der Waals surface area contributed by atoms with Gasteiger partial charge in [-0.1, -0.05) is 12.1 Å². The van der Waals surface area contributed by atoms with E-state index in [4.69, 9.17) is 0 Å². The maximum absolute atomic E-state index is 13.0. The number of aromatic hydroxyl groups is 1. The van der Waals surface area contributed by atoms with E-state index in [2.05, 4.69) is 9.88 Å². The molecule has 4 rings (SSSR count). The Bertz CT molecular complexity index is 948. The number of hydrogen-bond donors (Lipinski definition) is 1. The third-order valence-electron chi connectivity index (χ3n) is 5.32. The molecule has 142 valence electrons. The molecule has 2 aliphatic rings. The van der Waals surface area contributed by atoms with Gasteiger partial charge in [0.1, 0.15) is 5.75 Å². The number of piperazine rings is 1. The van der Waals surface area contributed by atoms with Gasteiger partial charge < -0.3 is 10.0 Å². The van der Waals surface area contributed by atoms with Gasteiger partial charge >= 0.3 is 0 Å². The number of benzene rings is 1. The number of para-hydroxylation sites is 1. The molecule has 8 heteroatoms. The van der Waals surface area contributed by atoms with Crippen molar-refractivity contribution in [3.05, 3.63) is 59.9 Å². The van der Waals surface area contributed by atoms with Crippen LogP contribution in [0, 0.1) is 0 Å². The summed E-state index contributed by atoms with van der Waals surface area (Å²) in [4.78, 5) is 20.8. The van der Waals surface area contributed by atoms with Crippen LogP contribution in [0.25, 0.3) is 0 Å². The van der Waals surface area contributed by atoms with Crippen LogP contribution in [0.4, 0.5) is 0 Å². The van der Waals surface area contributed by atoms with Crippen LogP contribution in [0.2, 0.25) is 0 Å². The van der Waals surface area contributed by atoms with E-state index in [9.17, 15) is 18.3 Å². The number of hydrogen-bond acceptors (Lipinski definition) is 6. The van der Waals surface area contributed by atoms with E-state index in [1.165, 1.54) is 6.07 Å². The molecule has 0 saturated carbocycles. The van der Waals surface area contributed by atoms with E-state index in [0.717, 1.165) is 5.56 Å². The van der Waals surface area contributed by atoms with Crippen LogP contribution in [0.3, 0.4) is 0 Å². The highest BCUT2D eigenvalue weighted by Crippen LogP contribution is 2.30. The van der Waals surface area contributed by atoms with Crippen molar-refractivity contribution in [3.63, 3.8) is 0 Å².